The Bertz CT molecular complexity index is 3940. The van der Waals surface area contributed by atoms with Crippen molar-refractivity contribution in [1.29, 1.82) is 0 Å². The van der Waals surface area contributed by atoms with E-state index in [-0.39, 0.29) is 0 Å². The minimum absolute atomic E-state index is 0.856. The molecule has 280 valence electrons. The van der Waals surface area contributed by atoms with Crippen LogP contribution >= 0.6 is 11.3 Å². The third-order valence-electron chi connectivity index (χ3n) is 12.8. The second-order valence-corrected chi connectivity index (χ2v) is 16.9. The summed E-state index contributed by atoms with van der Waals surface area (Å²) in [5.41, 5.74) is 8.16. The molecule has 0 radical (unpaired) electrons. The van der Waals surface area contributed by atoms with Crippen LogP contribution in [0.1, 0.15) is 0 Å². The summed E-state index contributed by atoms with van der Waals surface area (Å²) in [4.78, 5) is 0. The average Bonchev–Trinajstić information content (AvgIpc) is 3.87. The molecule has 0 aliphatic heterocycles. The van der Waals surface area contributed by atoms with Gasteiger partial charge in [-0.15, -0.1) is 11.3 Å². The van der Waals surface area contributed by atoms with E-state index < -0.39 is 0 Å². The third kappa shape index (κ3) is 4.69. The van der Waals surface area contributed by atoms with Crippen molar-refractivity contribution in [3.05, 3.63) is 194 Å². The molecule has 2 aromatic heterocycles. The Morgan fingerprint density at radius 2 is 1.03 bits per heavy atom. The van der Waals surface area contributed by atoms with Crippen LogP contribution in [0, 0.1) is 0 Å². The Labute approximate surface area is 349 Å². The Kier molecular flexibility index (Phi) is 7.13. The van der Waals surface area contributed by atoms with Crippen molar-refractivity contribution >= 4 is 107 Å². The smallest absolute Gasteiger partial charge is 0.126 e. The lowest BCUT2D eigenvalue weighted by atomic mass is 9.87. The zero-order valence-corrected chi connectivity index (χ0v) is 33.6. The first kappa shape index (κ1) is 33.5. The molecule has 0 bridgehead atoms. The standard InChI is InChI=1S/C57H35NOS/c1-59-51-25-13-11-20-42(51)43-28-26-34-14-4-6-18-40(34)52(43)39-31-38-30-36-16-2-3-17-37(36)32-48(38)50(33-39)58-49-24-12-10-23-46(49)53-54-47-29-27-35-15-5-7-19-41(35)56(47)60-57(54)45-22-9-8-21-44(45)55(53)58/h2-33H,1H3. The van der Waals surface area contributed by atoms with Gasteiger partial charge in [-0.3, -0.25) is 0 Å². The normalized spacial score (nSPS) is 12.1. The van der Waals surface area contributed by atoms with Crippen LogP contribution in [0.25, 0.3) is 124 Å². The topological polar surface area (TPSA) is 14.2 Å². The molecule has 0 saturated heterocycles. The molecule has 60 heavy (non-hydrogen) atoms. The predicted octanol–water partition coefficient (Wildman–Crippen LogP) is 16.3. The van der Waals surface area contributed by atoms with Gasteiger partial charge in [-0.25, -0.2) is 0 Å². The second kappa shape index (κ2) is 12.8. The molecule has 13 aromatic rings. The number of aromatic nitrogens is 1. The van der Waals surface area contributed by atoms with Crippen molar-refractivity contribution in [3.63, 3.8) is 0 Å². The van der Waals surface area contributed by atoms with E-state index in [0.717, 1.165) is 28.1 Å². The van der Waals surface area contributed by atoms with Gasteiger partial charge in [-0.05, 0) is 90.8 Å². The van der Waals surface area contributed by atoms with Crippen molar-refractivity contribution in [3.8, 4) is 33.7 Å². The van der Waals surface area contributed by atoms with Gasteiger partial charge in [-0.1, -0.05) is 158 Å². The van der Waals surface area contributed by atoms with E-state index in [4.69, 9.17) is 4.74 Å². The zero-order valence-electron chi connectivity index (χ0n) is 32.7. The fourth-order valence-electron chi connectivity index (χ4n) is 10.2. The summed E-state index contributed by atoms with van der Waals surface area (Å²) in [5, 5.41) is 17.6. The van der Waals surface area contributed by atoms with Crippen LogP contribution in [0.15, 0.2) is 194 Å². The summed E-state index contributed by atoms with van der Waals surface area (Å²) < 4.78 is 11.3. The van der Waals surface area contributed by atoms with Crippen molar-refractivity contribution in [2.24, 2.45) is 0 Å². The number of fused-ring (bicyclic) bond motifs is 15. The highest BCUT2D eigenvalue weighted by atomic mass is 32.1. The molecule has 0 unspecified atom stereocenters. The van der Waals surface area contributed by atoms with Gasteiger partial charge in [0.15, 0.2) is 0 Å². The van der Waals surface area contributed by atoms with Crippen LogP contribution in [0.3, 0.4) is 0 Å². The van der Waals surface area contributed by atoms with E-state index in [2.05, 4.69) is 193 Å². The summed E-state index contributed by atoms with van der Waals surface area (Å²) in [7, 11) is 1.77. The second-order valence-electron chi connectivity index (χ2n) is 15.9. The number of hydrogen-bond donors (Lipinski definition) is 0. The molecule has 0 aliphatic rings. The van der Waals surface area contributed by atoms with Crippen molar-refractivity contribution in [2.75, 3.05) is 7.11 Å². The fourth-order valence-corrected chi connectivity index (χ4v) is 11.6. The van der Waals surface area contributed by atoms with E-state index in [0.29, 0.717) is 0 Å². The Hall–Kier alpha value is -7.46. The number of benzene rings is 11. The Balaban J connectivity index is 1.24. The summed E-state index contributed by atoms with van der Waals surface area (Å²) in [6.07, 6.45) is 0. The molecule has 0 N–H and O–H groups in total. The van der Waals surface area contributed by atoms with Crippen LogP contribution in [0.5, 0.6) is 5.75 Å². The summed E-state index contributed by atoms with van der Waals surface area (Å²) in [6.45, 7) is 0. The lowest BCUT2D eigenvalue weighted by molar-refractivity contribution is 0.416. The Morgan fingerprint density at radius 3 is 1.85 bits per heavy atom. The van der Waals surface area contributed by atoms with Gasteiger partial charge < -0.3 is 9.30 Å². The average molecular weight is 782 g/mol. The highest BCUT2D eigenvalue weighted by Crippen LogP contribution is 2.51. The molecule has 0 spiro atoms. The van der Waals surface area contributed by atoms with Crippen molar-refractivity contribution in [1.82, 2.24) is 4.57 Å². The van der Waals surface area contributed by atoms with Gasteiger partial charge in [-0.2, -0.15) is 0 Å². The molecule has 13 rings (SSSR count). The van der Waals surface area contributed by atoms with Crippen LogP contribution in [0.4, 0.5) is 0 Å². The van der Waals surface area contributed by atoms with Crippen LogP contribution in [0.2, 0.25) is 0 Å². The molecule has 0 saturated carbocycles. The zero-order chi connectivity index (χ0) is 39.5. The van der Waals surface area contributed by atoms with Gasteiger partial charge >= 0.3 is 0 Å². The van der Waals surface area contributed by atoms with E-state index in [1.54, 1.807) is 7.11 Å². The molecule has 2 nitrogen and oxygen atoms in total. The van der Waals surface area contributed by atoms with Crippen molar-refractivity contribution < 1.29 is 4.74 Å². The first-order valence-corrected chi connectivity index (χ1v) is 21.4. The van der Waals surface area contributed by atoms with Gasteiger partial charge in [0.05, 0.1) is 23.8 Å². The maximum Gasteiger partial charge on any atom is 0.126 e. The highest BCUT2D eigenvalue weighted by Gasteiger charge is 2.25. The predicted molar refractivity (Wildman–Crippen MR) is 259 cm³/mol. The maximum absolute atomic E-state index is 6.02. The molecule has 11 aromatic carbocycles. The SMILES string of the molecule is COc1ccccc1-c1ccc2ccccc2c1-c1cc(-n2c3ccccc3c3c4c5ccc6ccccc6c5sc4c4ccccc4c32)c2cc3ccccc3cc2c1. The number of ether oxygens (including phenoxy) is 1. The minimum Gasteiger partial charge on any atom is -0.496 e. The maximum atomic E-state index is 6.02. The molecule has 0 fully saturated rings. The van der Waals surface area contributed by atoms with Gasteiger partial charge in [0, 0.05) is 52.7 Å². The van der Waals surface area contributed by atoms with Gasteiger partial charge in [0.25, 0.3) is 0 Å². The quantitative estimate of drug-likeness (QED) is 0.162. The summed E-state index contributed by atoms with van der Waals surface area (Å²) in [6, 6.07) is 71.7. The fraction of sp³-hybridized carbons (Fsp3) is 0.0175. The monoisotopic (exact) mass is 781 g/mol. The Morgan fingerprint density at radius 1 is 0.400 bits per heavy atom. The summed E-state index contributed by atoms with van der Waals surface area (Å²) >= 11 is 1.94. The molecular weight excluding hydrogens is 747 g/mol. The lowest BCUT2D eigenvalue weighted by Gasteiger charge is -2.20. The molecule has 2 heterocycles. The first-order chi connectivity index (χ1) is 29.7. The number of para-hydroxylation sites is 2. The van der Waals surface area contributed by atoms with Crippen molar-refractivity contribution in [2.45, 2.75) is 0 Å². The number of methoxy groups -OCH3 is 1. The molecule has 0 atom stereocenters. The lowest BCUT2D eigenvalue weighted by Crippen LogP contribution is -1.98. The van der Waals surface area contributed by atoms with Crippen LogP contribution in [-0.2, 0) is 0 Å². The number of thiophene rings is 1. The first-order valence-electron chi connectivity index (χ1n) is 20.5. The van der Waals surface area contributed by atoms with Gasteiger partial charge in [0.2, 0.25) is 0 Å². The molecule has 0 aliphatic carbocycles. The number of hydrogen-bond acceptors (Lipinski definition) is 2. The van der Waals surface area contributed by atoms with E-state index in [9.17, 15) is 0 Å². The molecular formula is C57H35NOS. The summed E-state index contributed by atoms with van der Waals surface area (Å²) in [5.74, 6) is 0.856. The van der Waals surface area contributed by atoms with Crippen LogP contribution < -0.4 is 4.74 Å². The van der Waals surface area contributed by atoms with E-state index in [1.165, 1.54) is 101 Å². The number of rotatable bonds is 4. The minimum atomic E-state index is 0.856. The molecule has 0 amide bonds. The third-order valence-corrected chi connectivity index (χ3v) is 14.1. The van der Waals surface area contributed by atoms with Gasteiger partial charge in [0.1, 0.15) is 5.75 Å². The number of nitrogens with zero attached hydrogens (tertiary/aromatic N) is 1. The van der Waals surface area contributed by atoms with Crippen LogP contribution in [-0.4, -0.2) is 11.7 Å². The molecule has 3 heteroatoms. The largest absolute Gasteiger partial charge is 0.496 e. The van der Waals surface area contributed by atoms with E-state index >= 15 is 0 Å². The van der Waals surface area contributed by atoms with E-state index in [1.807, 2.05) is 17.4 Å². The highest BCUT2D eigenvalue weighted by molar-refractivity contribution is 7.27.